The van der Waals surface area contributed by atoms with Crippen LogP contribution in [0.1, 0.15) is 46.7 Å². The van der Waals surface area contributed by atoms with E-state index < -0.39 is 12.0 Å². The summed E-state index contributed by atoms with van der Waals surface area (Å²) >= 11 is 0. The topological polar surface area (TPSA) is 96.3 Å². The number of hydrogen-bond donors (Lipinski definition) is 3. The lowest BCUT2D eigenvalue weighted by molar-refractivity contribution is -0.140. The maximum Gasteiger partial charge on any atom is 0.320 e. The van der Waals surface area contributed by atoms with E-state index in [2.05, 4.69) is 15.7 Å². The number of carbonyl (C=O) groups excluding carboxylic acids is 1. The van der Waals surface area contributed by atoms with Crippen LogP contribution in [0.2, 0.25) is 0 Å². The van der Waals surface area contributed by atoms with Crippen molar-refractivity contribution >= 4 is 17.7 Å². The Morgan fingerprint density at radius 2 is 2.00 bits per heavy atom. The van der Waals surface area contributed by atoms with Crippen LogP contribution in [0.3, 0.4) is 0 Å². The standard InChI is InChI=1S/C16H28N4O3/c1-7-10(2)14(15(22)23)17-9-13(21)18-12-8-11(3)19-20(12)16(4,5)6/h8,10,14,17H,7,9H2,1-6H3,(H,18,21)(H,22,23)/t10-,14-/m0/s1. The first-order valence-electron chi connectivity index (χ1n) is 7.89. The Morgan fingerprint density at radius 1 is 1.39 bits per heavy atom. The molecule has 130 valence electrons. The molecule has 0 aliphatic carbocycles. The lowest BCUT2D eigenvalue weighted by atomic mass is 9.99. The summed E-state index contributed by atoms with van der Waals surface area (Å²) in [4.78, 5) is 23.4. The predicted molar refractivity (Wildman–Crippen MR) is 89.5 cm³/mol. The zero-order chi connectivity index (χ0) is 17.8. The van der Waals surface area contributed by atoms with Crippen LogP contribution in [0.25, 0.3) is 0 Å². The Kier molecular flexibility index (Phi) is 6.32. The van der Waals surface area contributed by atoms with Crippen molar-refractivity contribution in [2.24, 2.45) is 5.92 Å². The van der Waals surface area contributed by atoms with Crippen LogP contribution in [0.5, 0.6) is 0 Å². The zero-order valence-corrected chi connectivity index (χ0v) is 14.8. The molecule has 7 nitrogen and oxygen atoms in total. The average Bonchev–Trinajstić information content (AvgIpc) is 2.78. The van der Waals surface area contributed by atoms with E-state index in [0.29, 0.717) is 5.82 Å². The molecule has 0 saturated carbocycles. The average molecular weight is 324 g/mol. The lowest BCUT2D eigenvalue weighted by Crippen LogP contribution is -2.45. The molecule has 7 heteroatoms. The number of carboxylic acids is 1. The van der Waals surface area contributed by atoms with Gasteiger partial charge in [0.05, 0.1) is 17.8 Å². The maximum absolute atomic E-state index is 12.1. The number of nitrogens with zero attached hydrogens (tertiary/aromatic N) is 2. The molecule has 0 fully saturated rings. The van der Waals surface area contributed by atoms with Gasteiger partial charge in [0.15, 0.2) is 0 Å². The zero-order valence-electron chi connectivity index (χ0n) is 14.8. The van der Waals surface area contributed by atoms with E-state index in [1.807, 2.05) is 41.5 Å². The van der Waals surface area contributed by atoms with Crippen LogP contribution in [0.4, 0.5) is 5.82 Å². The van der Waals surface area contributed by atoms with E-state index >= 15 is 0 Å². The third-order valence-corrected chi connectivity index (χ3v) is 3.70. The van der Waals surface area contributed by atoms with E-state index in [1.165, 1.54) is 0 Å². The Hall–Kier alpha value is -1.89. The van der Waals surface area contributed by atoms with E-state index in [0.717, 1.165) is 12.1 Å². The summed E-state index contributed by atoms with van der Waals surface area (Å²) in [5.74, 6) is -0.674. The molecule has 0 aromatic carbocycles. The molecule has 1 aromatic heterocycles. The SMILES string of the molecule is CC[C@H](C)[C@H](NCC(=O)Nc1cc(C)nn1C(C)(C)C)C(=O)O. The summed E-state index contributed by atoms with van der Waals surface area (Å²) in [6, 6.07) is 1.06. The van der Waals surface area contributed by atoms with Gasteiger partial charge in [-0.1, -0.05) is 20.3 Å². The normalized spacial score (nSPS) is 14.3. The van der Waals surface area contributed by atoms with Gasteiger partial charge in [0, 0.05) is 6.07 Å². The van der Waals surface area contributed by atoms with Crippen LogP contribution in [0.15, 0.2) is 6.07 Å². The van der Waals surface area contributed by atoms with Gasteiger partial charge < -0.3 is 10.4 Å². The number of aryl methyl sites for hydroxylation is 1. The Bertz CT molecular complexity index is 560. The number of carbonyl (C=O) groups is 2. The van der Waals surface area contributed by atoms with Gasteiger partial charge in [-0.2, -0.15) is 5.10 Å². The van der Waals surface area contributed by atoms with Crippen molar-refractivity contribution in [2.75, 3.05) is 11.9 Å². The molecule has 1 heterocycles. The van der Waals surface area contributed by atoms with Crippen molar-refractivity contribution in [1.82, 2.24) is 15.1 Å². The highest BCUT2D eigenvalue weighted by atomic mass is 16.4. The summed E-state index contributed by atoms with van der Waals surface area (Å²) in [7, 11) is 0. The summed E-state index contributed by atoms with van der Waals surface area (Å²) in [5, 5.41) is 19.2. The van der Waals surface area contributed by atoms with Gasteiger partial charge in [-0.25, -0.2) is 4.68 Å². The Morgan fingerprint density at radius 3 is 2.48 bits per heavy atom. The first-order chi connectivity index (χ1) is 10.6. The van der Waals surface area contributed by atoms with Gasteiger partial charge in [0.1, 0.15) is 11.9 Å². The molecule has 0 spiro atoms. The monoisotopic (exact) mass is 324 g/mol. The van der Waals surface area contributed by atoms with Crippen molar-refractivity contribution in [2.45, 2.75) is 59.5 Å². The highest BCUT2D eigenvalue weighted by molar-refractivity contribution is 5.92. The first kappa shape index (κ1) is 19.2. The van der Waals surface area contributed by atoms with Gasteiger partial charge in [-0.15, -0.1) is 0 Å². The summed E-state index contributed by atoms with van der Waals surface area (Å²) < 4.78 is 1.75. The minimum Gasteiger partial charge on any atom is -0.480 e. The largest absolute Gasteiger partial charge is 0.480 e. The Balaban J connectivity index is 2.73. The minimum atomic E-state index is -0.942. The van der Waals surface area contributed by atoms with Crippen molar-refractivity contribution in [3.05, 3.63) is 11.8 Å². The molecular weight excluding hydrogens is 296 g/mol. The smallest absolute Gasteiger partial charge is 0.320 e. The van der Waals surface area contributed by atoms with Gasteiger partial charge in [-0.05, 0) is 33.6 Å². The van der Waals surface area contributed by atoms with Crippen LogP contribution in [-0.4, -0.2) is 39.4 Å². The lowest BCUT2D eigenvalue weighted by Gasteiger charge is -2.23. The van der Waals surface area contributed by atoms with Gasteiger partial charge in [0.25, 0.3) is 0 Å². The molecule has 1 amide bonds. The van der Waals surface area contributed by atoms with E-state index in [-0.39, 0.29) is 23.9 Å². The molecule has 0 aliphatic rings. The number of carboxylic acid groups (broad SMARTS) is 1. The summed E-state index contributed by atoms with van der Waals surface area (Å²) in [6.07, 6.45) is 0.724. The fourth-order valence-corrected chi connectivity index (χ4v) is 2.26. The Labute approximate surface area is 137 Å². The fourth-order valence-electron chi connectivity index (χ4n) is 2.26. The van der Waals surface area contributed by atoms with Gasteiger partial charge in [0.2, 0.25) is 5.91 Å². The van der Waals surface area contributed by atoms with Crippen molar-refractivity contribution in [3.63, 3.8) is 0 Å². The number of aromatic nitrogens is 2. The molecule has 1 rings (SSSR count). The molecule has 0 unspecified atom stereocenters. The molecule has 1 aromatic rings. The van der Waals surface area contributed by atoms with Gasteiger partial charge >= 0.3 is 5.97 Å². The second kappa shape index (κ2) is 7.59. The summed E-state index contributed by atoms with van der Waals surface area (Å²) in [5.41, 5.74) is 0.552. The number of rotatable bonds is 7. The highest BCUT2D eigenvalue weighted by Gasteiger charge is 2.24. The van der Waals surface area contributed by atoms with Gasteiger partial charge in [-0.3, -0.25) is 14.9 Å². The summed E-state index contributed by atoms with van der Waals surface area (Å²) in [6.45, 7) is 11.6. The molecule has 2 atom stereocenters. The number of nitrogens with one attached hydrogen (secondary N) is 2. The van der Waals surface area contributed by atoms with Crippen LogP contribution in [-0.2, 0) is 15.1 Å². The van der Waals surface area contributed by atoms with Crippen LogP contribution >= 0.6 is 0 Å². The molecule has 0 aliphatic heterocycles. The molecule has 0 bridgehead atoms. The number of aliphatic carboxylic acids is 1. The molecule has 3 N–H and O–H groups in total. The maximum atomic E-state index is 12.1. The molecule has 23 heavy (non-hydrogen) atoms. The van der Waals surface area contributed by atoms with E-state index in [4.69, 9.17) is 0 Å². The van der Waals surface area contributed by atoms with Crippen LogP contribution < -0.4 is 10.6 Å². The third-order valence-electron chi connectivity index (χ3n) is 3.70. The number of hydrogen-bond acceptors (Lipinski definition) is 4. The quantitative estimate of drug-likeness (QED) is 0.712. The predicted octanol–water partition coefficient (Wildman–Crippen LogP) is 1.97. The molecular formula is C16H28N4O3. The molecule has 0 radical (unpaired) electrons. The molecule has 0 saturated heterocycles. The third kappa shape index (κ3) is 5.35. The second-order valence-electron chi connectivity index (χ2n) is 6.88. The number of amides is 1. The van der Waals surface area contributed by atoms with Crippen LogP contribution in [0, 0.1) is 12.8 Å². The first-order valence-corrected chi connectivity index (χ1v) is 7.89. The van der Waals surface area contributed by atoms with E-state index in [9.17, 15) is 14.7 Å². The van der Waals surface area contributed by atoms with Crippen molar-refractivity contribution in [1.29, 1.82) is 0 Å². The minimum absolute atomic E-state index is 0.0531. The van der Waals surface area contributed by atoms with Crippen molar-refractivity contribution in [3.8, 4) is 0 Å². The van der Waals surface area contributed by atoms with E-state index in [1.54, 1.807) is 10.7 Å². The highest BCUT2D eigenvalue weighted by Crippen LogP contribution is 2.21. The van der Waals surface area contributed by atoms with Crippen molar-refractivity contribution < 1.29 is 14.7 Å². The fraction of sp³-hybridized carbons (Fsp3) is 0.688. The number of anilines is 1. The second-order valence-corrected chi connectivity index (χ2v) is 6.88.